The summed E-state index contributed by atoms with van der Waals surface area (Å²) in [6, 6.07) is 3.55. The van der Waals surface area contributed by atoms with E-state index in [1.165, 1.54) is 0 Å². The Balaban J connectivity index is 2.77. The molecule has 1 aromatic carbocycles. The second-order valence-corrected chi connectivity index (χ2v) is 5.83. The lowest BCUT2D eigenvalue weighted by Gasteiger charge is -2.27. The summed E-state index contributed by atoms with van der Waals surface area (Å²) >= 11 is 0. The van der Waals surface area contributed by atoms with E-state index in [-0.39, 0.29) is 5.75 Å². The fourth-order valence-corrected chi connectivity index (χ4v) is 2.74. The minimum atomic E-state index is -2.85. The number of benzene rings is 1. The number of hydrogen-bond acceptors (Lipinski definition) is 3. The van der Waals surface area contributed by atoms with E-state index in [9.17, 15) is 18.7 Å². The molecule has 0 heterocycles. The van der Waals surface area contributed by atoms with Crippen molar-refractivity contribution in [2.45, 2.75) is 53.7 Å². The van der Waals surface area contributed by atoms with Crippen LogP contribution in [-0.2, 0) is 11.3 Å². The van der Waals surface area contributed by atoms with Gasteiger partial charge in [-0.1, -0.05) is 26.0 Å². The molecule has 0 saturated heterocycles. The molecule has 0 aromatic heterocycles. The molecule has 0 aliphatic carbocycles. The average molecular weight is 329 g/mol. The van der Waals surface area contributed by atoms with Gasteiger partial charge in [-0.3, -0.25) is 4.79 Å². The third kappa shape index (κ3) is 4.89. The lowest BCUT2D eigenvalue weighted by Crippen LogP contribution is -2.40. The van der Waals surface area contributed by atoms with Crippen LogP contribution in [0, 0.1) is 19.3 Å². The van der Waals surface area contributed by atoms with Crippen LogP contribution in [-0.4, -0.2) is 24.2 Å². The summed E-state index contributed by atoms with van der Waals surface area (Å²) < 4.78 is 29.3. The van der Waals surface area contributed by atoms with E-state index < -0.39 is 18.0 Å². The van der Waals surface area contributed by atoms with Gasteiger partial charge in [-0.25, -0.2) is 0 Å². The van der Waals surface area contributed by atoms with Gasteiger partial charge in [0, 0.05) is 13.1 Å². The Morgan fingerprint density at radius 1 is 1.26 bits per heavy atom. The SMILES string of the molecule is CCC(CC)(CNCc1cc(C)c(OC(F)F)c(C)c1)C(=O)O. The molecule has 0 fully saturated rings. The highest BCUT2D eigenvalue weighted by Gasteiger charge is 2.34. The van der Waals surface area contributed by atoms with Crippen molar-refractivity contribution in [3.63, 3.8) is 0 Å². The molecule has 130 valence electrons. The predicted molar refractivity (Wildman–Crippen MR) is 84.9 cm³/mol. The van der Waals surface area contributed by atoms with E-state index in [2.05, 4.69) is 10.1 Å². The highest BCUT2D eigenvalue weighted by molar-refractivity contribution is 5.74. The first-order valence-corrected chi connectivity index (χ1v) is 7.74. The molecule has 2 N–H and O–H groups in total. The van der Waals surface area contributed by atoms with E-state index in [1.54, 1.807) is 26.0 Å². The number of hydrogen-bond donors (Lipinski definition) is 2. The second-order valence-electron chi connectivity index (χ2n) is 5.83. The first-order chi connectivity index (χ1) is 10.8. The van der Waals surface area contributed by atoms with Crippen LogP contribution in [0.2, 0.25) is 0 Å². The van der Waals surface area contributed by atoms with Crippen molar-refractivity contribution in [1.29, 1.82) is 0 Å². The number of ether oxygens (including phenoxy) is 1. The smallest absolute Gasteiger partial charge is 0.387 e. The molecule has 6 heteroatoms. The minimum absolute atomic E-state index is 0.200. The van der Waals surface area contributed by atoms with Crippen LogP contribution in [0.1, 0.15) is 43.4 Å². The first-order valence-electron chi connectivity index (χ1n) is 7.74. The van der Waals surface area contributed by atoms with Crippen molar-refractivity contribution >= 4 is 5.97 Å². The lowest BCUT2D eigenvalue weighted by atomic mass is 9.82. The number of alkyl halides is 2. The summed E-state index contributed by atoms with van der Waals surface area (Å²) in [6.07, 6.45) is 1.09. The van der Waals surface area contributed by atoms with Gasteiger partial charge in [0.25, 0.3) is 0 Å². The lowest BCUT2D eigenvalue weighted by molar-refractivity contribution is -0.149. The summed E-state index contributed by atoms with van der Waals surface area (Å²) in [5.41, 5.74) is 1.41. The van der Waals surface area contributed by atoms with Crippen LogP contribution < -0.4 is 10.1 Å². The van der Waals surface area contributed by atoms with Gasteiger partial charge >= 0.3 is 12.6 Å². The van der Waals surface area contributed by atoms with Crippen LogP contribution in [0.5, 0.6) is 5.75 Å². The fraction of sp³-hybridized carbons (Fsp3) is 0.588. The number of aryl methyl sites for hydroxylation is 2. The molecule has 0 atom stereocenters. The van der Waals surface area contributed by atoms with E-state index in [0.29, 0.717) is 37.1 Å². The zero-order valence-electron chi connectivity index (χ0n) is 14.1. The molecule has 0 spiro atoms. The summed E-state index contributed by atoms with van der Waals surface area (Å²) in [6.45, 7) is 5.16. The maximum atomic E-state index is 12.4. The molecular weight excluding hydrogens is 304 g/mol. The Labute approximate surface area is 135 Å². The number of halogens is 2. The molecule has 0 amide bonds. The highest BCUT2D eigenvalue weighted by Crippen LogP contribution is 2.28. The van der Waals surface area contributed by atoms with Gasteiger partial charge in [0.1, 0.15) is 5.75 Å². The Morgan fingerprint density at radius 2 is 1.78 bits per heavy atom. The van der Waals surface area contributed by atoms with Crippen LogP contribution in [0.15, 0.2) is 12.1 Å². The quantitative estimate of drug-likeness (QED) is 0.722. The molecule has 1 rings (SSSR count). The van der Waals surface area contributed by atoms with Crippen LogP contribution >= 0.6 is 0 Å². The van der Waals surface area contributed by atoms with Gasteiger partial charge in [-0.2, -0.15) is 8.78 Å². The number of aliphatic carboxylic acids is 1. The molecule has 23 heavy (non-hydrogen) atoms. The third-order valence-electron chi connectivity index (χ3n) is 4.33. The van der Waals surface area contributed by atoms with E-state index in [1.807, 2.05) is 13.8 Å². The summed E-state index contributed by atoms with van der Waals surface area (Å²) in [5, 5.41) is 12.6. The Morgan fingerprint density at radius 3 is 2.17 bits per heavy atom. The molecule has 0 aliphatic rings. The first kappa shape index (κ1) is 19.4. The second kappa shape index (κ2) is 8.24. The van der Waals surface area contributed by atoms with Crippen molar-refractivity contribution in [3.05, 3.63) is 28.8 Å². The maximum absolute atomic E-state index is 12.4. The summed E-state index contributed by atoms with van der Waals surface area (Å²) in [5.74, 6) is -0.603. The molecule has 0 radical (unpaired) electrons. The topological polar surface area (TPSA) is 58.6 Å². The number of rotatable bonds is 9. The van der Waals surface area contributed by atoms with Gasteiger partial charge in [0.15, 0.2) is 0 Å². The molecule has 1 aromatic rings. The van der Waals surface area contributed by atoms with Gasteiger partial charge in [0.2, 0.25) is 0 Å². The molecule has 0 saturated carbocycles. The zero-order valence-corrected chi connectivity index (χ0v) is 14.1. The van der Waals surface area contributed by atoms with Crippen molar-refractivity contribution < 1.29 is 23.4 Å². The summed E-state index contributed by atoms with van der Waals surface area (Å²) in [7, 11) is 0. The average Bonchev–Trinajstić information content (AvgIpc) is 2.47. The molecule has 0 unspecified atom stereocenters. The monoisotopic (exact) mass is 329 g/mol. The third-order valence-corrected chi connectivity index (χ3v) is 4.33. The maximum Gasteiger partial charge on any atom is 0.387 e. The molecule has 4 nitrogen and oxygen atoms in total. The van der Waals surface area contributed by atoms with Gasteiger partial charge in [-0.05, 0) is 43.4 Å². The van der Waals surface area contributed by atoms with Gasteiger partial charge in [0.05, 0.1) is 5.41 Å². The van der Waals surface area contributed by atoms with Gasteiger partial charge in [-0.15, -0.1) is 0 Å². The molecule has 0 aliphatic heterocycles. The number of nitrogens with one attached hydrogen (secondary N) is 1. The predicted octanol–water partition coefficient (Wildman–Crippen LogP) is 3.89. The van der Waals surface area contributed by atoms with Crippen LogP contribution in [0.4, 0.5) is 8.78 Å². The van der Waals surface area contributed by atoms with E-state index >= 15 is 0 Å². The Hall–Kier alpha value is -1.69. The van der Waals surface area contributed by atoms with Crippen molar-refractivity contribution in [1.82, 2.24) is 5.32 Å². The minimum Gasteiger partial charge on any atom is -0.481 e. The Bertz CT molecular complexity index is 520. The number of carboxylic acid groups (broad SMARTS) is 1. The molecule has 0 bridgehead atoms. The number of carboxylic acids is 1. The standard InChI is InChI=1S/C17H25F2NO3/c1-5-17(6-2,15(21)22)10-20-9-13-7-11(3)14(12(4)8-13)23-16(18)19/h7-8,16,20H,5-6,9-10H2,1-4H3,(H,21,22). The largest absolute Gasteiger partial charge is 0.481 e. The normalized spacial score (nSPS) is 11.8. The number of carbonyl (C=O) groups is 1. The van der Waals surface area contributed by atoms with Crippen molar-refractivity contribution in [2.75, 3.05) is 6.54 Å². The zero-order chi connectivity index (χ0) is 17.6. The fourth-order valence-electron chi connectivity index (χ4n) is 2.74. The van der Waals surface area contributed by atoms with Crippen molar-refractivity contribution in [2.24, 2.45) is 5.41 Å². The van der Waals surface area contributed by atoms with Crippen LogP contribution in [0.25, 0.3) is 0 Å². The highest BCUT2D eigenvalue weighted by atomic mass is 19.3. The van der Waals surface area contributed by atoms with Crippen LogP contribution in [0.3, 0.4) is 0 Å². The van der Waals surface area contributed by atoms with E-state index in [0.717, 1.165) is 5.56 Å². The van der Waals surface area contributed by atoms with Crippen molar-refractivity contribution in [3.8, 4) is 5.75 Å². The molecular formula is C17H25F2NO3. The Kier molecular flexibility index (Phi) is 6.94. The van der Waals surface area contributed by atoms with Gasteiger partial charge < -0.3 is 15.2 Å². The summed E-state index contributed by atoms with van der Waals surface area (Å²) in [4.78, 5) is 11.5. The van der Waals surface area contributed by atoms with E-state index in [4.69, 9.17) is 0 Å².